The van der Waals surface area contributed by atoms with Gasteiger partial charge in [-0.05, 0) is 66.3 Å². The van der Waals surface area contributed by atoms with Gasteiger partial charge in [-0.25, -0.2) is 8.78 Å². The van der Waals surface area contributed by atoms with Crippen LogP contribution in [0.5, 0.6) is 0 Å². The van der Waals surface area contributed by atoms with Gasteiger partial charge in [0.25, 0.3) is 0 Å². The lowest BCUT2D eigenvalue weighted by Crippen LogP contribution is -2.48. The summed E-state index contributed by atoms with van der Waals surface area (Å²) >= 11 is 1.23. The van der Waals surface area contributed by atoms with Crippen LogP contribution in [0.3, 0.4) is 0 Å². The lowest BCUT2D eigenvalue weighted by molar-refractivity contribution is -0.136. The van der Waals surface area contributed by atoms with Crippen molar-refractivity contribution in [2.75, 3.05) is 19.6 Å². The number of rotatable bonds is 11. The summed E-state index contributed by atoms with van der Waals surface area (Å²) in [5.74, 6) is -1.74. The minimum atomic E-state index is -0.911. The van der Waals surface area contributed by atoms with Crippen LogP contribution in [-0.4, -0.2) is 46.0 Å². The summed E-state index contributed by atoms with van der Waals surface area (Å²) in [4.78, 5) is 32.0. The van der Waals surface area contributed by atoms with Gasteiger partial charge in [0.2, 0.25) is 5.91 Å². The number of piperidine rings is 1. The lowest BCUT2D eigenvalue weighted by Gasteiger charge is -2.38. The summed E-state index contributed by atoms with van der Waals surface area (Å²) < 4.78 is 30.4. The third-order valence-corrected chi connectivity index (χ3v) is 10.5. The first-order valence-corrected chi connectivity index (χ1v) is 17.7. The number of amides is 1. The minimum Gasteiger partial charge on any atom is -0.334 e. The number of likely N-dealkylation sites (tertiary alicyclic amines) is 1. The fourth-order valence-electron chi connectivity index (χ4n) is 6.52. The van der Waals surface area contributed by atoms with Gasteiger partial charge < -0.3 is 14.4 Å². The highest BCUT2D eigenvalue weighted by molar-refractivity contribution is 7.98. The number of para-hydroxylation sites is 1. The van der Waals surface area contributed by atoms with Crippen molar-refractivity contribution in [1.29, 1.82) is 0 Å². The molecule has 1 aliphatic heterocycles. The van der Waals surface area contributed by atoms with Crippen LogP contribution in [-0.2, 0) is 30.1 Å². The lowest BCUT2D eigenvalue weighted by atomic mass is 10.00. The SMILES string of the molecule is CCc1ccc(-c2ccc(CN(C(=O)Cn3c(SCc4cccc(F)c4F)cc(=O)c4ccccc43)C3CCN(CC)CC3)cc2)cc1. The first-order valence-electron chi connectivity index (χ1n) is 16.7. The summed E-state index contributed by atoms with van der Waals surface area (Å²) in [6, 6.07) is 30.0. The number of pyridine rings is 1. The summed E-state index contributed by atoms with van der Waals surface area (Å²) in [6.45, 7) is 7.65. The Morgan fingerprint density at radius 2 is 1.52 bits per heavy atom. The molecule has 1 aromatic heterocycles. The Labute approximate surface area is 285 Å². The number of aryl methyl sites for hydroxylation is 1. The molecule has 0 atom stereocenters. The van der Waals surface area contributed by atoms with Crippen molar-refractivity contribution in [3.8, 4) is 11.1 Å². The Morgan fingerprint density at radius 3 is 2.19 bits per heavy atom. The zero-order valence-corrected chi connectivity index (χ0v) is 28.3. The number of nitrogens with zero attached hydrogens (tertiary/aromatic N) is 3. The Bertz CT molecular complexity index is 1930. The van der Waals surface area contributed by atoms with Crippen LogP contribution in [0.4, 0.5) is 8.78 Å². The highest BCUT2D eigenvalue weighted by atomic mass is 32.2. The molecular formula is C40H41F2N3O2S. The second-order valence-electron chi connectivity index (χ2n) is 12.4. The molecule has 0 bridgehead atoms. The van der Waals surface area contributed by atoms with Crippen molar-refractivity contribution < 1.29 is 13.6 Å². The van der Waals surface area contributed by atoms with Crippen LogP contribution in [0.25, 0.3) is 22.0 Å². The minimum absolute atomic E-state index is 0.0185. The molecule has 5 nitrogen and oxygen atoms in total. The maximum absolute atomic E-state index is 14.6. The van der Waals surface area contributed by atoms with E-state index in [0.29, 0.717) is 22.5 Å². The smallest absolute Gasteiger partial charge is 0.243 e. The molecule has 5 aromatic rings. The van der Waals surface area contributed by atoms with Crippen molar-refractivity contribution in [1.82, 2.24) is 14.4 Å². The van der Waals surface area contributed by atoms with Crippen LogP contribution in [0.1, 0.15) is 43.4 Å². The highest BCUT2D eigenvalue weighted by Crippen LogP contribution is 2.29. The molecule has 8 heteroatoms. The van der Waals surface area contributed by atoms with Gasteiger partial charge in [0.1, 0.15) is 6.54 Å². The molecule has 0 saturated carbocycles. The molecule has 0 aliphatic carbocycles. The largest absolute Gasteiger partial charge is 0.334 e. The molecule has 1 amide bonds. The van der Waals surface area contributed by atoms with Crippen molar-refractivity contribution in [2.24, 2.45) is 0 Å². The molecule has 0 N–H and O–H groups in total. The van der Waals surface area contributed by atoms with Gasteiger partial charge in [0.15, 0.2) is 17.1 Å². The van der Waals surface area contributed by atoms with Crippen molar-refractivity contribution in [3.05, 3.63) is 136 Å². The molecule has 1 aliphatic rings. The van der Waals surface area contributed by atoms with E-state index in [1.165, 1.54) is 35.5 Å². The quantitative estimate of drug-likeness (QED) is 0.133. The van der Waals surface area contributed by atoms with E-state index >= 15 is 0 Å². The monoisotopic (exact) mass is 665 g/mol. The van der Waals surface area contributed by atoms with Gasteiger partial charge in [-0.15, -0.1) is 11.8 Å². The van der Waals surface area contributed by atoms with E-state index in [-0.39, 0.29) is 35.2 Å². The molecule has 0 spiro atoms. The van der Waals surface area contributed by atoms with E-state index in [1.807, 2.05) is 21.6 Å². The van der Waals surface area contributed by atoms with E-state index < -0.39 is 11.6 Å². The molecule has 0 unspecified atom stereocenters. The number of thioether (sulfide) groups is 1. The number of aromatic nitrogens is 1. The average molecular weight is 666 g/mol. The van der Waals surface area contributed by atoms with E-state index in [4.69, 9.17) is 0 Å². The summed E-state index contributed by atoms with van der Waals surface area (Å²) in [7, 11) is 0. The fourth-order valence-corrected chi connectivity index (χ4v) is 7.56. The van der Waals surface area contributed by atoms with Crippen LogP contribution < -0.4 is 5.43 Å². The van der Waals surface area contributed by atoms with Crippen molar-refractivity contribution >= 4 is 28.6 Å². The molecule has 48 heavy (non-hydrogen) atoms. The van der Waals surface area contributed by atoms with Gasteiger partial charge in [-0.1, -0.05) is 86.6 Å². The zero-order chi connectivity index (χ0) is 33.6. The number of fused-ring (bicyclic) bond motifs is 1. The highest BCUT2D eigenvalue weighted by Gasteiger charge is 2.28. The molecule has 2 heterocycles. The van der Waals surface area contributed by atoms with E-state index in [1.54, 1.807) is 12.1 Å². The Hall–Kier alpha value is -4.27. The van der Waals surface area contributed by atoms with Crippen LogP contribution in [0, 0.1) is 11.6 Å². The molecule has 6 rings (SSSR count). The number of benzene rings is 4. The van der Waals surface area contributed by atoms with Crippen molar-refractivity contribution in [3.63, 3.8) is 0 Å². The third kappa shape index (κ3) is 7.55. The molecule has 1 fully saturated rings. The second kappa shape index (κ2) is 15.3. The second-order valence-corrected chi connectivity index (χ2v) is 13.4. The summed E-state index contributed by atoms with van der Waals surface area (Å²) in [5.41, 5.74) is 5.31. The molecule has 248 valence electrons. The molecule has 1 saturated heterocycles. The van der Waals surface area contributed by atoms with Crippen LogP contribution in [0.15, 0.2) is 107 Å². The van der Waals surface area contributed by atoms with E-state index in [9.17, 15) is 18.4 Å². The van der Waals surface area contributed by atoms with Crippen LogP contribution in [0.2, 0.25) is 0 Å². The van der Waals surface area contributed by atoms with Gasteiger partial charge in [0, 0.05) is 48.4 Å². The molecule has 4 aromatic carbocycles. The standard InChI is InChI=1S/C40H41F2N3O2S/c1-3-28-12-16-30(17-13-28)31-18-14-29(15-19-31)25-44(33-20-22-43(4-2)23-21-33)38(47)26-45-36-11-6-5-9-34(36)37(46)24-39(45)48-27-32-8-7-10-35(41)40(32)42/h5-19,24,33H,3-4,20-23,25-27H2,1-2H3. The number of hydrogen-bond donors (Lipinski definition) is 0. The number of carbonyl (C=O) groups excluding carboxylic acids is 1. The fraction of sp³-hybridized carbons (Fsp3) is 0.300. The predicted octanol–water partition coefficient (Wildman–Crippen LogP) is 8.31. The maximum Gasteiger partial charge on any atom is 0.243 e. The normalized spacial score (nSPS) is 14.0. The summed E-state index contributed by atoms with van der Waals surface area (Å²) in [5, 5.41) is 1.05. The Kier molecular flexibility index (Phi) is 10.7. The van der Waals surface area contributed by atoms with Crippen molar-refractivity contribution in [2.45, 2.75) is 63.0 Å². The third-order valence-electron chi connectivity index (χ3n) is 9.45. The van der Waals surface area contributed by atoms with Crippen LogP contribution >= 0.6 is 11.8 Å². The van der Waals surface area contributed by atoms with Gasteiger partial charge >= 0.3 is 0 Å². The first-order chi connectivity index (χ1) is 23.3. The molecule has 0 radical (unpaired) electrons. The van der Waals surface area contributed by atoms with Gasteiger partial charge in [-0.3, -0.25) is 9.59 Å². The first kappa shape index (κ1) is 33.6. The topological polar surface area (TPSA) is 45.6 Å². The van der Waals surface area contributed by atoms with E-state index in [0.717, 1.165) is 61.7 Å². The van der Waals surface area contributed by atoms with E-state index in [2.05, 4.69) is 67.3 Å². The predicted molar refractivity (Wildman–Crippen MR) is 191 cm³/mol. The average Bonchev–Trinajstić information content (AvgIpc) is 3.13. The van der Waals surface area contributed by atoms with Gasteiger partial charge in [0.05, 0.1) is 10.5 Å². The number of carbonyl (C=O) groups is 1. The number of halogens is 2. The summed E-state index contributed by atoms with van der Waals surface area (Å²) in [6.07, 6.45) is 2.76. The molecular weight excluding hydrogens is 625 g/mol. The maximum atomic E-state index is 14.6. The Balaban J connectivity index is 1.30. The number of hydrogen-bond acceptors (Lipinski definition) is 4. The zero-order valence-electron chi connectivity index (χ0n) is 27.5. The Morgan fingerprint density at radius 1 is 0.854 bits per heavy atom. The van der Waals surface area contributed by atoms with Gasteiger partial charge in [-0.2, -0.15) is 0 Å².